The first kappa shape index (κ1) is 14.8. The zero-order valence-corrected chi connectivity index (χ0v) is 13.4. The van der Waals surface area contributed by atoms with Crippen LogP contribution < -0.4 is 5.32 Å². The normalized spacial score (nSPS) is 21.1. The number of nitrogens with one attached hydrogen (secondary N) is 1. The zero-order valence-electron chi connectivity index (χ0n) is 11.8. The molecule has 1 unspecified atom stereocenters. The number of allylic oxidation sites excluding steroid dienone is 1. The fraction of sp³-hybridized carbons (Fsp3) is 0.529. The van der Waals surface area contributed by atoms with Crippen LogP contribution in [0.1, 0.15) is 44.1 Å². The number of rotatable bonds is 4. The molecule has 1 N–H and O–H groups in total. The zero-order chi connectivity index (χ0) is 13.5. The molecule has 2 heteroatoms. The molecule has 0 aliphatic heterocycles. The van der Waals surface area contributed by atoms with Gasteiger partial charge in [0.1, 0.15) is 0 Å². The van der Waals surface area contributed by atoms with Crippen LogP contribution in [0.3, 0.4) is 0 Å². The molecule has 0 spiro atoms. The standard InChI is InChI=1S/C17H24BrN/c1-19-17(13-15-11-7-8-12-16(15)18)14-9-5-3-2-4-6-10-14/h7-9,11-12,17,19H,2-6,10,13H2,1H3/b14-9+. The van der Waals surface area contributed by atoms with Gasteiger partial charge in [0, 0.05) is 10.5 Å². The fourth-order valence-electron chi connectivity index (χ4n) is 2.84. The van der Waals surface area contributed by atoms with E-state index in [0.29, 0.717) is 6.04 Å². The lowest BCUT2D eigenvalue weighted by Crippen LogP contribution is -2.30. The Labute approximate surface area is 125 Å². The van der Waals surface area contributed by atoms with E-state index in [1.54, 1.807) is 5.57 Å². The van der Waals surface area contributed by atoms with Gasteiger partial charge in [-0.25, -0.2) is 0 Å². The average molecular weight is 322 g/mol. The lowest BCUT2D eigenvalue weighted by molar-refractivity contribution is 0.557. The van der Waals surface area contributed by atoms with Crippen LogP contribution in [0.25, 0.3) is 0 Å². The van der Waals surface area contributed by atoms with Crippen molar-refractivity contribution < 1.29 is 0 Å². The SMILES string of the molecule is CNC(Cc1ccccc1Br)/C1=C/CCCCCC1. The molecular weight excluding hydrogens is 298 g/mol. The van der Waals surface area contributed by atoms with Gasteiger partial charge in [0.2, 0.25) is 0 Å². The van der Waals surface area contributed by atoms with Gasteiger partial charge in [-0.05, 0) is 50.8 Å². The average Bonchev–Trinajstić information content (AvgIpc) is 2.38. The molecule has 0 fully saturated rings. The maximum atomic E-state index is 3.66. The monoisotopic (exact) mass is 321 g/mol. The van der Waals surface area contributed by atoms with Gasteiger partial charge in [-0.2, -0.15) is 0 Å². The van der Waals surface area contributed by atoms with E-state index < -0.39 is 0 Å². The predicted molar refractivity (Wildman–Crippen MR) is 86.5 cm³/mol. The Bertz CT molecular complexity index is 425. The van der Waals surface area contributed by atoms with E-state index in [4.69, 9.17) is 0 Å². The van der Waals surface area contributed by atoms with Crippen LogP contribution in [-0.2, 0) is 6.42 Å². The largest absolute Gasteiger partial charge is 0.313 e. The van der Waals surface area contributed by atoms with Gasteiger partial charge in [-0.1, -0.05) is 58.6 Å². The van der Waals surface area contributed by atoms with Gasteiger partial charge in [0.05, 0.1) is 0 Å². The Morgan fingerprint density at radius 2 is 1.95 bits per heavy atom. The number of halogens is 1. The summed E-state index contributed by atoms with van der Waals surface area (Å²) in [6.07, 6.45) is 11.6. The van der Waals surface area contributed by atoms with Crippen LogP contribution in [0.15, 0.2) is 40.4 Å². The maximum absolute atomic E-state index is 3.66. The number of likely N-dealkylation sites (N-methyl/N-ethyl adjacent to an activating group) is 1. The van der Waals surface area contributed by atoms with Crippen LogP contribution >= 0.6 is 15.9 Å². The molecule has 0 amide bonds. The van der Waals surface area contributed by atoms with Gasteiger partial charge in [0.25, 0.3) is 0 Å². The minimum absolute atomic E-state index is 0.483. The second-order valence-corrected chi connectivity index (χ2v) is 6.22. The van der Waals surface area contributed by atoms with Crippen molar-refractivity contribution in [3.8, 4) is 0 Å². The molecule has 1 aromatic carbocycles. The van der Waals surface area contributed by atoms with Crippen LogP contribution in [-0.4, -0.2) is 13.1 Å². The van der Waals surface area contributed by atoms with E-state index in [1.807, 2.05) is 0 Å². The summed E-state index contributed by atoms with van der Waals surface area (Å²) in [5, 5.41) is 3.51. The van der Waals surface area contributed by atoms with E-state index in [-0.39, 0.29) is 0 Å². The summed E-state index contributed by atoms with van der Waals surface area (Å²) in [7, 11) is 2.08. The topological polar surface area (TPSA) is 12.0 Å². The summed E-state index contributed by atoms with van der Waals surface area (Å²) in [5.74, 6) is 0. The van der Waals surface area contributed by atoms with Crippen LogP contribution in [0.5, 0.6) is 0 Å². The number of benzene rings is 1. The maximum Gasteiger partial charge on any atom is 0.0317 e. The summed E-state index contributed by atoms with van der Waals surface area (Å²) in [6.45, 7) is 0. The molecule has 1 aromatic rings. The third kappa shape index (κ3) is 4.47. The quantitative estimate of drug-likeness (QED) is 0.781. The van der Waals surface area contributed by atoms with Crippen molar-refractivity contribution in [3.63, 3.8) is 0 Å². The minimum atomic E-state index is 0.483. The predicted octanol–water partition coefficient (Wildman–Crippen LogP) is 4.86. The fourth-order valence-corrected chi connectivity index (χ4v) is 3.28. The third-order valence-corrected chi connectivity index (χ3v) is 4.78. The highest BCUT2D eigenvalue weighted by molar-refractivity contribution is 9.10. The first-order valence-electron chi connectivity index (χ1n) is 7.41. The molecule has 0 heterocycles. The molecule has 104 valence electrons. The molecule has 1 aliphatic rings. The Hall–Kier alpha value is -0.600. The summed E-state index contributed by atoms with van der Waals surface area (Å²) in [6, 6.07) is 9.04. The molecule has 0 saturated carbocycles. The second-order valence-electron chi connectivity index (χ2n) is 5.37. The van der Waals surface area contributed by atoms with Crippen molar-refractivity contribution in [2.24, 2.45) is 0 Å². The highest BCUT2D eigenvalue weighted by atomic mass is 79.9. The Morgan fingerprint density at radius 1 is 1.16 bits per heavy atom. The van der Waals surface area contributed by atoms with Crippen molar-refractivity contribution in [1.29, 1.82) is 0 Å². The third-order valence-electron chi connectivity index (χ3n) is 4.00. The number of hydrogen-bond acceptors (Lipinski definition) is 1. The van der Waals surface area contributed by atoms with E-state index in [9.17, 15) is 0 Å². The molecule has 0 bridgehead atoms. The van der Waals surface area contributed by atoms with Crippen molar-refractivity contribution in [2.75, 3.05) is 7.05 Å². The molecular formula is C17H24BrN. The van der Waals surface area contributed by atoms with Crippen LogP contribution in [0.4, 0.5) is 0 Å². The molecule has 0 aromatic heterocycles. The van der Waals surface area contributed by atoms with Gasteiger partial charge >= 0.3 is 0 Å². The Balaban J connectivity index is 2.08. The van der Waals surface area contributed by atoms with Crippen LogP contribution in [0.2, 0.25) is 0 Å². The molecule has 0 radical (unpaired) electrons. The van der Waals surface area contributed by atoms with Gasteiger partial charge in [-0.3, -0.25) is 0 Å². The molecule has 0 saturated heterocycles. The van der Waals surface area contributed by atoms with Crippen molar-refractivity contribution in [3.05, 3.63) is 46.0 Å². The van der Waals surface area contributed by atoms with Crippen molar-refractivity contribution in [2.45, 2.75) is 51.0 Å². The van der Waals surface area contributed by atoms with E-state index in [2.05, 4.69) is 58.6 Å². The Kier molecular flexibility index (Phi) is 6.12. The molecule has 1 aliphatic carbocycles. The van der Waals surface area contributed by atoms with Gasteiger partial charge in [-0.15, -0.1) is 0 Å². The number of hydrogen-bond donors (Lipinski definition) is 1. The summed E-state index contributed by atoms with van der Waals surface area (Å²) in [4.78, 5) is 0. The summed E-state index contributed by atoms with van der Waals surface area (Å²) >= 11 is 3.66. The Morgan fingerprint density at radius 3 is 2.74 bits per heavy atom. The van der Waals surface area contributed by atoms with Crippen molar-refractivity contribution in [1.82, 2.24) is 5.32 Å². The second kappa shape index (κ2) is 7.86. The molecule has 19 heavy (non-hydrogen) atoms. The van der Waals surface area contributed by atoms with E-state index in [0.717, 1.165) is 6.42 Å². The highest BCUT2D eigenvalue weighted by Crippen LogP contribution is 2.24. The van der Waals surface area contributed by atoms with E-state index >= 15 is 0 Å². The molecule has 2 rings (SSSR count). The van der Waals surface area contributed by atoms with Gasteiger partial charge in [0.15, 0.2) is 0 Å². The first-order valence-corrected chi connectivity index (χ1v) is 8.20. The van der Waals surface area contributed by atoms with Crippen LogP contribution in [0, 0.1) is 0 Å². The minimum Gasteiger partial charge on any atom is -0.313 e. The summed E-state index contributed by atoms with van der Waals surface area (Å²) in [5.41, 5.74) is 3.00. The molecule has 1 atom stereocenters. The molecule has 1 nitrogen and oxygen atoms in total. The van der Waals surface area contributed by atoms with Crippen molar-refractivity contribution >= 4 is 15.9 Å². The van der Waals surface area contributed by atoms with Gasteiger partial charge < -0.3 is 5.32 Å². The first-order chi connectivity index (χ1) is 9.31. The smallest absolute Gasteiger partial charge is 0.0317 e. The highest BCUT2D eigenvalue weighted by Gasteiger charge is 2.15. The lowest BCUT2D eigenvalue weighted by Gasteiger charge is -2.22. The lowest BCUT2D eigenvalue weighted by atomic mass is 9.91. The summed E-state index contributed by atoms with van der Waals surface area (Å²) < 4.78 is 1.22. The van der Waals surface area contributed by atoms with E-state index in [1.165, 1.54) is 48.6 Å².